The van der Waals surface area contributed by atoms with Crippen LogP contribution in [0.2, 0.25) is 0 Å². The van der Waals surface area contributed by atoms with Gasteiger partial charge in [0.05, 0.1) is 11.5 Å². The summed E-state index contributed by atoms with van der Waals surface area (Å²) in [5.41, 5.74) is 1.57. The lowest BCUT2D eigenvalue weighted by Crippen LogP contribution is -2.56. The first-order valence-electron chi connectivity index (χ1n) is 8.78. The maximum absolute atomic E-state index is 12.4. The van der Waals surface area contributed by atoms with Gasteiger partial charge in [0, 0.05) is 18.2 Å². The number of amides is 1. The first kappa shape index (κ1) is 17.0. The standard InChI is InChI=1S/C19H25NO4/c1-2-3-13-4-6-14(7-5-13)17(21)20-16-8-9-24-19(12-16)10-15(11-19)18(22)23/h4-7,15-16H,2-3,8-12H2,1H3,(H,20,21)(H,22,23). The highest BCUT2D eigenvalue weighted by Crippen LogP contribution is 2.46. The van der Waals surface area contributed by atoms with Crippen molar-refractivity contribution in [3.63, 3.8) is 0 Å². The van der Waals surface area contributed by atoms with Crippen molar-refractivity contribution in [1.82, 2.24) is 5.32 Å². The number of benzene rings is 1. The van der Waals surface area contributed by atoms with Gasteiger partial charge in [-0.05, 0) is 49.8 Å². The van der Waals surface area contributed by atoms with Crippen LogP contribution in [0.1, 0.15) is 54.9 Å². The van der Waals surface area contributed by atoms with Gasteiger partial charge in [0.1, 0.15) is 0 Å². The van der Waals surface area contributed by atoms with Crippen LogP contribution in [0.25, 0.3) is 0 Å². The third-order valence-corrected chi connectivity index (χ3v) is 5.17. The molecule has 3 rings (SSSR count). The first-order valence-corrected chi connectivity index (χ1v) is 8.78. The fourth-order valence-corrected chi connectivity index (χ4v) is 3.83. The molecular formula is C19H25NO4. The number of carbonyl (C=O) groups is 2. The highest BCUT2D eigenvalue weighted by Gasteiger charge is 2.51. The Morgan fingerprint density at radius 3 is 2.58 bits per heavy atom. The average Bonchev–Trinajstić information content (AvgIpc) is 2.53. The molecule has 2 aliphatic rings. The fraction of sp³-hybridized carbons (Fsp3) is 0.579. The Morgan fingerprint density at radius 2 is 1.96 bits per heavy atom. The van der Waals surface area contributed by atoms with Gasteiger partial charge in [0.2, 0.25) is 0 Å². The minimum atomic E-state index is -0.748. The molecule has 1 aromatic rings. The molecule has 1 aliphatic carbocycles. The van der Waals surface area contributed by atoms with Gasteiger partial charge >= 0.3 is 5.97 Å². The Morgan fingerprint density at radius 1 is 1.25 bits per heavy atom. The summed E-state index contributed by atoms with van der Waals surface area (Å²) in [6.07, 6.45) is 4.71. The highest BCUT2D eigenvalue weighted by molar-refractivity contribution is 5.94. The summed E-state index contributed by atoms with van der Waals surface area (Å²) in [7, 11) is 0. The molecule has 1 atom stereocenters. The lowest BCUT2D eigenvalue weighted by molar-refractivity contribution is -0.181. The van der Waals surface area contributed by atoms with Crippen LogP contribution in [0.3, 0.4) is 0 Å². The average molecular weight is 331 g/mol. The molecule has 5 heteroatoms. The number of carboxylic acids is 1. The molecule has 1 amide bonds. The zero-order chi connectivity index (χ0) is 17.2. The molecule has 2 N–H and O–H groups in total. The summed E-state index contributed by atoms with van der Waals surface area (Å²) in [5.74, 6) is -1.11. The molecule has 2 fully saturated rings. The topological polar surface area (TPSA) is 75.6 Å². The Balaban J connectivity index is 1.55. The van der Waals surface area contributed by atoms with Crippen LogP contribution in [-0.2, 0) is 16.0 Å². The van der Waals surface area contributed by atoms with E-state index in [1.54, 1.807) is 0 Å². The molecule has 1 aromatic carbocycles. The first-order chi connectivity index (χ1) is 11.5. The maximum Gasteiger partial charge on any atom is 0.306 e. The van der Waals surface area contributed by atoms with Gasteiger partial charge in [-0.1, -0.05) is 25.5 Å². The number of aliphatic carboxylic acids is 1. The summed E-state index contributed by atoms with van der Waals surface area (Å²) in [4.78, 5) is 23.4. The molecule has 1 saturated heterocycles. The Labute approximate surface area is 142 Å². The van der Waals surface area contributed by atoms with Crippen LogP contribution in [0, 0.1) is 5.92 Å². The maximum atomic E-state index is 12.4. The van der Waals surface area contributed by atoms with Crippen molar-refractivity contribution in [2.75, 3.05) is 6.61 Å². The Hall–Kier alpha value is -1.88. The summed E-state index contributed by atoms with van der Waals surface area (Å²) in [6.45, 7) is 2.71. The van der Waals surface area contributed by atoms with Crippen LogP contribution < -0.4 is 5.32 Å². The van der Waals surface area contributed by atoms with Crippen molar-refractivity contribution < 1.29 is 19.4 Å². The van der Waals surface area contributed by atoms with E-state index >= 15 is 0 Å². The second-order valence-electron chi connectivity index (χ2n) is 7.08. The van der Waals surface area contributed by atoms with Crippen LogP contribution in [0.4, 0.5) is 0 Å². The number of ether oxygens (including phenoxy) is 1. The number of hydrogen-bond donors (Lipinski definition) is 2. The quantitative estimate of drug-likeness (QED) is 0.870. The van der Waals surface area contributed by atoms with Crippen molar-refractivity contribution >= 4 is 11.9 Å². The summed E-state index contributed by atoms with van der Waals surface area (Å²) < 4.78 is 5.83. The summed E-state index contributed by atoms with van der Waals surface area (Å²) in [5, 5.41) is 12.1. The Kier molecular flexibility index (Phi) is 4.90. The largest absolute Gasteiger partial charge is 0.481 e. The molecule has 5 nitrogen and oxygen atoms in total. The second kappa shape index (κ2) is 6.93. The monoisotopic (exact) mass is 331 g/mol. The van der Waals surface area contributed by atoms with Crippen molar-refractivity contribution in [3.8, 4) is 0 Å². The predicted octanol–water partition coefficient (Wildman–Crippen LogP) is 2.78. The number of hydrogen-bond acceptors (Lipinski definition) is 3. The minimum absolute atomic E-state index is 0.0521. The van der Waals surface area contributed by atoms with Crippen LogP contribution in [-0.4, -0.2) is 35.2 Å². The molecule has 1 heterocycles. The molecule has 130 valence electrons. The third kappa shape index (κ3) is 3.61. The zero-order valence-electron chi connectivity index (χ0n) is 14.1. The lowest BCUT2D eigenvalue weighted by Gasteiger charge is -2.50. The van der Waals surface area contributed by atoms with Crippen LogP contribution in [0.15, 0.2) is 24.3 Å². The van der Waals surface area contributed by atoms with E-state index < -0.39 is 5.97 Å². The third-order valence-electron chi connectivity index (χ3n) is 5.17. The zero-order valence-corrected chi connectivity index (χ0v) is 14.1. The van der Waals surface area contributed by atoms with Gasteiger partial charge in [0.15, 0.2) is 0 Å². The minimum Gasteiger partial charge on any atom is -0.481 e. The van der Waals surface area contributed by atoms with E-state index in [0.29, 0.717) is 31.4 Å². The summed E-state index contributed by atoms with van der Waals surface area (Å²) >= 11 is 0. The van der Waals surface area contributed by atoms with Crippen molar-refractivity contribution in [3.05, 3.63) is 35.4 Å². The van der Waals surface area contributed by atoms with Gasteiger partial charge in [-0.2, -0.15) is 0 Å². The smallest absolute Gasteiger partial charge is 0.306 e. The number of carboxylic acid groups (broad SMARTS) is 1. The SMILES string of the molecule is CCCc1ccc(C(=O)NC2CCOC3(C2)CC(C(=O)O)C3)cc1. The van der Waals surface area contributed by atoms with E-state index in [1.165, 1.54) is 5.56 Å². The molecule has 1 unspecified atom stereocenters. The van der Waals surface area contributed by atoms with E-state index in [4.69, 9.17) is 9.84 Å². The van der Waals surface area contributed by atoms with E-state index in [-0.39, 0.29) is 23.5 Å². The Bertz CT molecular complexity index is 604. The van der Waals surface area contributed by atoms with Crippen LogP contribution >= 0.6 is 0 Å². The number of nitrogens with one attached hydrogen (secondary N) is 1. The number of rotatable bonds is 5. The van der Waals surface area contributed by atoms with Gasteiger partial charge in [-0.3, -0.25) is 9.59 Å². The molecule has 0 radical (unpaired) electrons. The number of carbonyl (C=O) groups excluding carboxylic acids is 1. The lowest BCUT2D eigenvalue weighted by atomic mass is 9.66. The van der Waals surface area contributed by atoms with Gasteiger partial charge in [-0.25, -0.2) is 0 Å². The molecule has 1 aliphatic heterocycles. The van der Waals surface area contributed by atoms with Crippen LogP contribution in [0.5, 0.6) is 0 Å². The summed E-state index contributed by atoms with van der Waals surface area (Å²) in [6, 6.07) is 7.82. The second-order valence-corrected chi connectivity index (χ2v) is 7.08. The van der Waals surface area contributed by atoms with E-state index in [9.17, 15) is 9.59 Å². The molecule has 0 bridgehead atoms. The van der Waals surface area contributed by atoms with E-state index in [2.05, 4.69) is 12.2 Å². The molecule has 1 spiro atoms. The van der Waals surface area contributed by atoms with Crippen molar-refractivity contribution in [1.29, 1.82) is 0 Å². The van der Waals surface area contributed by atoms with Crippen molar-refractivity contribution in [2.45, 2.75) is 57.1 Å². The molecule has 24 heavy (non-hydrogen) atoms. The molecule has 0 aromatic heterocycles. The fourth-order valence-electron chi connectivity index (χ4n) is 3.83. The normalized spacial score (nSPS) is 29.0. The van der Waals surface area contributed by atoms with Gasteiger partial charge < -0.3 is 15.2 Å². The predicted molar refractivity (Wildman–Crippen MR) is 90.0 cm³/mol. The van der Waals surface area contributed by atoms with E-state index in [0.717, 1.165) is 19.3 Å². The van der Waals surface area contributed by atoms with Crippen molar-refractivity contribution in [2.24, 2.45) is 5.92 Å². The molecular weight excluding hydrogens is 306 g/mol. The van der Waals surface area contributed by atoms with Gasteiger partial charge in [-0.15, -0.1) is 0 Å². The van der Waals surface area contributed by atoms with E-state index in [1.807, 2.05) is 24.3 Å². The van der Waals surface area contributed by atoms with Gasteiger partial charge in [0.25, 0.3) is 5.91 Å². The molecule has 1 saturated carbocycles. The number of aryl methyl sites for hydroxylation is 1. The highest BCUT2D eigenvalue weighted by atomic mass is 16.5.